The van der Waals surface area contributed by atoms with E-state index < -0.39 is 0 Å². The van der Waals surface area contributed by atoms with Gasteiger partial charge in [0.25, 0.3) is 0 Å². The van der Waals surface area contributed by atoms with E-state index in [0.29, 0.717) is 24.4 Å². The maximum absolute atomic E-state index is 11.7. The number of carbonyl (C=O) groups is 1. The molecule has 4 nitrogen and oxygen atoms in total. The highest BCUT2D eigenvalue weighted by Gasteiger charge is 2.37. The number of nitrogens with one attached hydrogen (secondary N) is 2. The zero-order chi connectivity index (χ0) is 13.0. The number of carbonyl (C=O) groups excluding carboxylic acids is 1. The van der Waals surface area contributed by atoms with E-state index in [-0.39, 0.29) is 12.1 Å². The Morgan fingerprint density at radius 2 is 2.17 bits per heavy atom. The third-order valence-corrected chi connectivity index (χ3v) is 4.20. The van der Waals surface area contributed by atoms with Crippen LogP contribution in [-0.2, 0) is 0 Å². The van der Waals surface area contributed by atoms with E-state index in [0.717, 1.165) is 32.1 Å². The molecule has 0 spiro atoms. The molecule has 0 aromatic carbocycles. The predicted octanol–water partition coefficient (Wildman–Crippen LogP) is 2.03. The molecule has 2 saturated carbocycles. The molecule has 0 aromatic rings. The molecule has 0 aliphatic heterocycles. The van der Waals surface area contributed by atoms with E-state index in [2.05, 4.69) is 17.6 Å². The van der Waals surface area contributed by atoms with Crippen LogP contribution in [-0.4, -0.2) is 29.8 Å². The lowest BCUT2D eigenvalue weighted by molar-refractivity contribution is 0.101. The van der Waals surface area contributed by atoms with E-state index in [4.69, 9.17) is 0 Å². The Balaban J connectivity index is 1.57. The van der Waals surface area contributed by atoms with E-state index in [9.17, 15) is 9.90 Å². The number of urea groups is 1. The van der Waals surface area contributed by atoms with Crippen LogP contribution in [0.2, 0.25) is 0 Å². The van der Waals surface area contributed by atoms with E-state index in [1.165, 1.54) is 12.8 Å². The fourth-order valence-corrected chi connectivity index (χ4v) is 3.02. The monoisotopic (exact) mass is 254 g/mol. The Labute approximate surface area is 110 Å². The van der Waals surface area contributed by atoms with Crippen molar-refractivity contribution in [3.63, 3.8) is 0 Å². The first-order valence-electron chi connectivity index (χ1n) is 7.41. The molecule has 2 rings (SSSR count). The van der Waals surface area contributed by atoms with Crippen molar-refractivity contribution in [2.24, 2.45) is 11.8 Å². The van der Waals surface area contributed by atoms with E-state index in [1.807, 2.05) is 0 Å². The quantitative estimate of drug-likeness (QED) is 0.703. The van der Waals surface area contributed by atoms with Crippen molar-refractivity contribution < 1.29 is 9.90 Å². The van der Waals surface area contributed by atoms with Crippen molar-refractivity contribution >= 4 is 6.03 Å². The average molecular weight is 254 g/mol. The SMILES string of the molecule is CCCC1CC1NC(=O)NCC1CCCC(O)C1. The second-order valence-corrected chi connectivity index (χ2v) is 5.93. The average Bonchev–Trinajstić information content (AvgIpc) is 3.05. The van der Waals surface area contributed by atoms with Gasteiger partial charge in [-0.2, -0.15) is 0 Å². The standard InChI is InChI=1S/C14H26N2O2/c1-2-4-11-8-13(11)16-14(18)15-9-10-5-3-6-12(17)7-10/h10-13,17H,2-9H2,1H3,(H2,15,16,18). The molecule has 2 fully saturated rings. The third-order valence-electron chi connectivity index (χ3n) is 4.20. The van der Waals surface area contributed by atoms with Gasteiger partial charge in [-0.15, -0.1) is 0 Å². The zero-order valence-electron chi connectivity index (χ0n) is 11.3. The maximum atomic E-state index is 11.7. The summed E-state index contributed by atoms with van der Waals surface area (Å²) in [5, 5.41) is 15.5. The second-order valence-electron chi connectivity index (χ2n) is 5.93. The van der Waals surface area contributed by atoms with Crippen molar-refractivity contribution in [3.8, 4) is 0 Å². The van der Waals surface area contributed by atoms with Gasteiger partial charge in [-0.05, 0) is 43.9 Å². The summed E-state index contributed by atoms with van der Waals surface area (Å²) in [6.07, 6.45) is 7.36. The van der Waals surface area contributed by atoms with Crippen LogP contribution in [0.3, 0.4) is 0 Å². The van der Waals surface area contributed by atoms with Gasteiger partial charge in [-0.1, -0.05) is 19.8 Å². The largest absolute Gasteiger partial charge is 0.393 e. The highest BCUT2D eigenvalue weighted by atomic mass is 16.3. The van der Waals surface area contributed by atoms with Gasteiger partial charge in [0, 0.05) is 12.6 Å². The number of rotatable bonds is 5. The van der Waals surface area contributed by atoms with Gasteiger partial charge in [0.2, 0.25) is 0 Å². The van der Waals surface area contributed by atoms with Crippen molar-refractivity contribution in [2.45, 2.75) is 64.0 Å². The Bertz CT molecular complexity index is 283. The fourth-order valence-electron chi connectivity index (χ4n) is 3.02. The molecule has 0 radical (unpaired) electrons. The summed E-state index contributed by atoms with van der Waals surface area (Å²) < 4.78 is 0. The van der Waals surface area contributed by atoms with Crippen LogP contribution in [0.1, 0.15) is 51.9 Å². The fraction of sp³-hybridized carbons (Fsp3) is 0.929. The molecular formula is C14H26N2O2. The van der Waals surface area contributed by atoms with Crippen LogP contribution in [0.4, 0.5) is 4.79 Å². The lowest BCUT2D eigenvalue weighted by Gasteiger charge is -2.25. The molecule has 0 aromatic heterocycles. The molecule has 2 aliphatic carbocycles. The van der Waals surface area contributed by atoms with Gasteiger partial charge in [-0.3, -0.25) is 0 Å². The molecule has 4 heteroatoms. The van der Waals surface area contributed by atoms with Gasteiger partial charge in [0.1, 0.15) is 0 Å². The Kier molecular flexibility index (Phi) is 4.87. The summed E-state index contributed by atoms with van der Waals surface area (Å²) in [5.74, 6) is 1.15. The van der Waals surface area contributed by atoms with Crippen molar-refractivity contribution in [1.29, 1.82) is 0 Å². The maximum Gasteiger partial charge on any atom is 0.315 e. The Morgan fingerprint density at radius 1 is 1.33 bits per heavy atom. The van der Waals surface area contributed by atoms with Crippen LogP contribution in [0, 0.1) is 11.8 Å². The smallest absolute Gasteiger partial charge is 0.315 e. The van der Waals surface area contributed by atoms with Gasteiger partial charge in [0.15, 0.2) is 0 Å². The predicted molar refractivity (Wildman–Crippen MR) is 71.3 cm³/mol. The normalized spacial score (nSPS) is 35.0. The summed E-state index contributed by atoms with van der Waals surface area (Å²) in [7, 11) is 0. The molecular weight excluding hydrogens is 228 g/mol. The number of hydrogen-bond acceptors (Lipinski definition) is 2. The van der Waals surface area contributed by atoms with Crippen LogP contribution < -0.4 is 10.6 Å². The lowest BCUT2D eigenvalue weighted by Crippen LogP contribution is -2.41. The number of aliphatic hydroxyl groups is 1. The summed E-state index contributed by atoms with van der Waals surface area (Å²) in [6.45, 7) is 2.89. The Morgan fingerprint density at radius 3 is 2.89 bits per heavy atom. The summed E-state index contributed by atoms with van der Waals surface area (Å²) in [4.78, 5) is 11.7. The molecule has 4 atom stereocenters. The molecule has 2 amide bonds. The van der Waals surface area contributed by atoms with Crippen molar-refractivity contribution in [3.05, 3.63) is 0 Å². The third kappa shape index (κ3) is 4.16. The number of amides is 2. The Hall–Kier alpha value is -0.770. The summed E-state index contributed by atoms with van der Waals surface area (Å²) >= 11 is 0. The zero-order valence-corrected chi connectivity index (χ0v) is 11.3. The summed E-state index contributed by atoms with van der Waals surface area (Å²) in [5.41, 5.74) is 0. The van der Waals surface area contributed by atoms with Gasteiger partial charge in [-0.25, -0.2) is 4.79 Å². The molecule has 2 aliphatic rings. The van der Waals surface area contributed by atoms with Gasteiger partial charge >= 0.3 is 6.03 Å². The topological polar surface area (TPSA) is 61.4 Å². The molecule has 0 saturated heterocycles. The molecule has 4 unspecified atom stereocenters. The van der Waals surface area contributed by atoms with Crippen molar-refractivity contribution in [1.82, 2.24) is 10.6 Å². The molecule has 3 N–H and O–H groups in total. The van der Waals surface area contributed by atoms with Gasteiger partial charge < -0.3 is 15.7 Å². The summed E-state index contributed by atoms with van der Waals surface area (Å²) in [6, 6.07) is 0.376. The lowest BCUT2D eigenvalue weighted by atomic mass is 9.87. The number of hydrogen-bond donors (Lipinski definition) is 3. The van der Waals surface area contributed by atoms with Gasteiger partial charge in [0.05, 0.1) is 6.10 Å². The second kappa shape index (κ2) is 6.41. The highest BCUT2D eigenvalue weighted by molar-refractivity contribution is 5.74. The van der Waals surface area contributed by atoms with Crippen LogP contribution in [0.5, 0.6) is 0 Å². The minimum Gasteiger partial charge on any atom is -0.393 e. The first-order chi connectivity index (χ1) is 8.69. The molecule has 18 heavy (non-hydrogen) atoms. The van der Waals surface area contributed by atoms with Crippen molar-refractivity contribution in [2.75, 3.05) is 6.54 Å². The minimum atomic E-state index is -0.161. The van der Waals surface area contributed by atoms with E-state index >= 15 is 0 Å². The van der Waals surface area contributed by atoms with E-state index in [1.54, 1.807) is 0 Å². The van der Waals surface area contributed by atoms with Crippen LogP contribution in [0.25, 0.3) is 0 Å². The first kappa shape index (κ1) is 13.7. The van der Waals surface area contributed by atoms with Crippen LogP contribution >= 0.6 is 0 Å². The molecule has 0 bridgehead atoms. The van der Waals surface area contributed by atoms with Crippen LogP contribution in [0.15, 0.2) is 0 Å². The molecule has 104 valence electrons. The number of aliphatic hydroxyl groups excluding tert-OH is 1. The minimum absolute atomic E-state index is 0.0290. The molecule has 0 heterocycles. The highest BCUT2D eigenvalue weighted by Crippen LogP contribution is 2.34. The first-order valence-corrected chi connectivity index (χ1v) is 7.41.